The van der Waals surface area contributed by atoms with Crippen LogP contribution in [0.25, 0.3) is 0 Å². The van der Waals surface area contributed by atoms with E-state index in [-0.39, 0.29) is 6.04 Å². The van der Waals surface area contributed by atoms with Gasteiger partial charge in [-0.1, -0.05) is 6.92 Å². The molecular weight excluding hydrogens is 170 g/mol. The van der Waals surface area contributed by atoms with Crippen LogP contribution in [0.15, 0.2) is 5.38 Å². The summed E-state index contributed by atoms with van der Waals surface area (Å²) in [5, 5.41) is 14.7. The predicted octanol–water partition coefficient (Wildman–Crippen LogP) is 1.63. The Bertz CT molecular complexity index is 287. The van der Waals surface area contributed by atoms with Crippen LogP contribution in [0.5, 0.6) is 0 Å². The van der Waals surface area contributed by atoms with Crippen molar-refractivity contribution in [2.45, 2.75) is 19.9 Å². The molecule has 12 heavy (non-hydrogen) atoms. The van der Waals surface area contributed by atoms with E-state index in [4.69, 9.17) is 5.26 Å². The lowest BCUT2D eigenvalue weighted by atomic mass is 10.2. The minimum atomic E-state index is -0.250. The van der Waals surface area contributed by atoms with Crippen molar-refractivity contribution in [3.63, 3.8) is 0 Å². The van der Waals surface area contributed by atoms with Crippen molar-refractivity contribution in [2.75, 3.05) is 6.54 Å². The fraction of sp³-hybridized carbons (Fsp3) is 0.500. The highest BCUT2D eigenvalue weighted by Gasteiger charge is 2.10. The topological polar surface area (TPSA) is 48.7 Å². The van der Waals surface area contributed by atoms with Gasteiger partial charge in [0, 0.05) is 5.38 Å². The number of nitrogens with zero attached hydrogens (tertiary/aromatic N) is 2. The fourth-order valence-corrected chi connectivity index (χ4v) is 1.57. The third kappa shape index (κ3) is 2.03. The van der Waals surface area contributed by atoms with Gasteiger partial charge >= 0.3 is 0 Å². The molecule has 1 atom stereocenters. The fourth-order valence-electron chi connectivity index (χ4n) is 0.933. The normalized spacial score (nSPS) is 12.4. The summed E-state index contributed by atoms with van der Waals surface area (Å²) in [5.41, 5.74) is 0.835. The number of aromatic nitrogens is 1. The monoisotopic (exact) mass is 181 g/mol. The van der Waals surface area contributed by atoms with Crippen molar-refractivity contribution < 1.29 is 0 Å². The van der Waals surface area contributed by atoms with Gasteiger partial charge in [-0.15, -0.1) is 11.3 Å². The van der Waals surface area contributed by atoms with Crippen LogP contribution in [0.4, 0.5) is 0 Å². The highest BCUT2D eigenvalue weighted by molar-refractivity contribution is 7.09. The van der Waals surface area contributed by atoms with Crippen LogP contribution < -0.4 is 5.32 Å². The van der Waals surface area contributed by atoms with Crippen LogP contribution in [-0.4, -0.2) is 11.5 Å². The zero-order valence-electron chi connectivity index (χ0n) is 7.16. The van der Waals surface area contributed by atoms with Crippen LogP contribution in [0.2, 0.25) is 0 Å². The molecule has 0 bridgehead atoms. The lowest BCUT2D eigenvalue weighted by Crippen LogP contribution is -2.19. The summed E-state index contributed by atoms with van der Waals surface area (Å²) in [7, 11) is 0. The van der Waals surface area contributed by atoms with Gasteiger partial charge in [-0.25, -0.2) is 4.98 Å². The average molecular weight is 181 g/mol. The molecule has 0 aliphatic heterocycles. The first-order chi connectivity index (χ1) is 5.77. The van der Waals surface area contributed by atoms with Crippen molar-refractivity contribution in [3.05, 3.63) is 16.1 Å². The van der Waals surface area contributed by atoms with Gasteiger partial charge in [-0.2, -0.15) is 5.26 Å². The molecule has 0 aliphatic carbocycles. The number of hydrogen-bond acceptors (Lipinski definition) is 4. The minimum absolute atomic E-state index is 0.250. The zero-order chi connectivity index (χ0) is 8.97. The molecule has 1 N–H and O–H groups in total. The zero-order valence-corrected chi connectivity index (χ0v) is 7.98. The molecule has 1 rings (SSSR count). The molecule has 0 saturated heterocycles. The van der Waals surface area contributed by atoms with E-state index in [1.807, 2.05) is 19.2 Å². The predicted molar refractivity (Wildman–Crippen MR) is 48.9 cm³/mol. The average Bonchev–Trinajstić information content (AvgIpc) is 2.47. The molecule has 0 saturated carbocycles. The van der Waals surface area contributed by atoms with Gasteiger partial charge in [-0.3, -0.25) is 5.32 Å². The Balaban J connectivity index is 2.74. The summed E-state index contributed by atoms with van der Waals surface area (Å²) in [6, 6.07) is 1.92. The first-order valence-corrected chi connectivity index (χ1v) is 4.71. The molecule has 3 nitrogen and oxygen atoms in total. The summed E-state index contributed by atoms with van der Waals surface area (Å²) in [6.07, 6.45) is 0. The van der Waals surface area contributed by atoms with Crippen molar-refractivity contribution in [2.24, 2.45) is 0 Å². The summed E-state index contributed by atoms with van der Waals surface area (Å²) < 4.78 is 0. The Hall–Kier alpha value is -0.920. The number of nitrogens with one attached hydrogen (secondary N) is 1. The minimum Gasteiger partial charge on any atom is -0.297 e. The molecule has 1 unspecified atom stereocenters. The number of hydrogen-bond donors (Lipinski definition) is 1. The largest absolute Gasteiger partial charge is 0.297 e. The van der Waals surface area contributed by atoms with Crippen LogP contribution in [0, 0.1) is 18.3 Å². The van der Waals surface area contributed by atoms with E-state index < -0.39 is 0 Å². The summed E-state index contributed by atoms with van der Waals surface area (Å²) >= 11 is 1.57. The van der Waals surface area contributed by atoms with Crippen molar-refractivity contribution in [1.82, 2.24) is 10.3 Å². The van der Waals surface area contributed by atoms with E-state index in [2.05, 4.69) is 16.4 Å². The van der Waals surface area contributed by atoms with Crippen LogP contribution in [0.1, 0.15) is 23.7 Å². The van der Waals surface area contributed by atoms with Gasteiger partial charge in [0.25, 0.3) is 0 Å². The highest BCUT2D eigenvalue weighted by Crippen LogP contribution is 2.14. The maximum Gasteiger partial charge on any atom is 0.139 e. The van der Waals surface area contributed by atoms with E-state index in [0.29, 0.717) is 0 Å². The quantitative estimate of drug-likeness (QED) is 0.771. The molecule has 1 heterocycles. The van der Waals surface area contributed by atoms with E-state index in [1.165, 1.54) is 0 Å². The maximum absolute atomic E-state index is 8.77. The Kier molecular flexibility index (Phi) is 3.20. The first-order valence-electron chi connectivity index (χ1n) is 3.83. The molecule has 1 aromatic heterocycles. The van der Waals surface area contributed by atoms with Crippen molar-refractivity contribution in [1.29, 1.82) is 5.26 Å². The third-order valence-corrected chi connectivity index (χ3v) is 2.26. The standard InChI is InChI=1S/C8H11N3S/c1-3-10-7(4-9)8-5-12-6(2)11-8/h5,7,10H,3H2,1-2H3. The van der Waals surface area contributed by atoms with Gasteiger partial charge in [0.05, 0.1) is 16.8 Å². The number of nitriles is 1. The molecule has 0 fully saturated rings. The van der Waals surface area contributed by atoms with Gasteiger partial charge in [0.1, 0.15) is 6.04 Å². The SMILES string of the molecule is CCNC(C#N)c1csc(C)n1. The number of rotatable bonds is 3. The summed E-state index contributed by atoms with van der Waals surface area (Å²) in [6.45, 7) is 4.70. The highest BCUT2D eigenvalue weighted by atomic mass is 32.1. The van der Waals surface area contributed by atoms with Crippen LogP contribution >= 0.6 is 11.3 Å². The van der Waals surface area contributed by atoms with Gasteiger partial charge < -0.3 is 0 Å². The molecule has 0 spiro atoms. The molecule has 1 aromatic rings. The lowest BCUT2D eigenvalue weighted by molar-refractivity contribution is 0.645. The van der Waals surface area contributed by atoms with Crippen LogP contribution in [-0.2, 0) is 0 Å². The number of aryl methyl sites for hydroxylation is 1. The van der Waals surface area contributed by atoms with E-state index in [1.54, 1.807) is 11.3 Å². The lowest BCUT2D eigenvalue weighted by Gasteiger charge is -2.04. The van der Waals surface area contributed by atoms with Crippen LogP contribution in [0.3, 0.4) is 0 Å². The van der Waals surface area contributed by atoms with Gasteiger partial charge in [-0.05, 0) is 13.5 Å². The molecule has 0 radical (unpaired) electrons. The molecule has 4 heteroatoms. The van der Waals surface area contributed by atoms with E-state index in [9.17, 15) is 0 Å². The van der Waals surface area contributed by atoms with Gasteiger partial charge in [0.15, 0.2) is 0 Å². The summed E-state index contributed by atoms with van der Waals surface area (Å²) in [4.78, 5) is 4.23. The second kappa shape index (κ2) is 4.19. The van der Waals surface area contributed by atoms with Crippen molar-refractivity contribution >= 4 is 11.3 Å². The summed E-state index contributed by atoms with van der Waals surface area (Å²) in [5.74, 6) is 0. The first kappa shape index (κ1) is 9.17. The second-order valence-corrected chi connectivity index (χ2v) is 3.47. The number of thiazole rings is 1. The molecule has 0 aromatic carbocycles. The Morgan fingerprint density at radius 3 is 3.00 bits per heavy atom. The third-order valence-electron chi connectivity index (χ3n) is 1.47. The molecular formula is C8H11N3S. The van der Waals surface area contributed by atoms with Crippen molar-refractivity contribution in [3.8, 4) is 6.07 Å². The molecule has 0 amide bonds. The van der Waals surface area contributed by atoms with E-state index in [0.717, 1.165) is 17.2 Å². The molecule has 0 aliphatic rings. The van der Waals surface area contributed by atoms with E-state index >= 15 is 0 Å². The molecule has 64 valence electrons. The maximum atomic E-state index is 8.77. The Labute approximate surface area is 76.1 Å². The smallest absolute Gasteiger partial charge is 0.139 e. The Morgan fingerprint density at radius 2 is 2.58 bits per heavy atom. The second-order valence-electron chi connectivity index (χ2n) is 2.41. The Morgan fingerprint density at radius 1 is 1.83 bits per heavy atom. The van der Waals surface area contributed by atoms with Gasteiger partial charge in [0.2, 0.25) is 0 Å².